The first-order valence-corrected chi connectivity index (χ1v) is 6.18. The number of nitrogens with two attached hydrogens (primary N) is 1. The van der Waals surface area contributed by atoms with Crippen LogP contribution in [0.15, 0.2) is 18.2 Å². The van der Waals surface area contributed by atoms with E-state index >= 15 is 0 Å². The lowest BCUT2D eigenvalue weighted by Crippen LogP contribution is -2.27. The van der Waals surface area contributed by atoms with Crippen molar-refractivity contribution in [3.63, 3.8) is 0 Å². The van der Waals surface area contributed by atoms with Gasteiger partial charge in [-0.15, -0.1) is 0 Å². The maximum atomic E-state index is 11.7. The number of phenolic OH excluding ortho intramolecular Hbond substituents is 1. The van der Waals surface area contributed by atoms with Crippen LogP contribution in [-0.2, 0) is 11.2 Å². The van der Waals surface area contributed by atoms with Gasteiger partial charge in [0, 0.05) is 12.1 Å². The van der Waals surface area contributed by atoms with Crippen LogP contribution in [0.2, 0.25) is 0 Å². The minimum Gasteiger partial charge on any atom is -0.508 e. The predicted octanol–water partition coefficient (Wildman–Crippen LogP) is 2.57. The third kappa shape index (κ3) is 5.56. The summed E-state index contributed by atoms with van der Waals surface area (Å²) in [5.74, 6) is 0.0842. The normalized spacial score (nSPS) is 10.9. The van der Waals surface area contributed by atoms with Crippen molar-refractivity contribution in [3.05, 3.63) is 23.8 Å². The molecule has 0 saturated heterocycles. The van der Waals surface area contributed by atoms with Gasteiger partial charge >= 0.3 is 6.09 Å². The zero-order chi connectivity index (χ0) is 14.6. The van der Waals surface area contributed by atoms with Crippen molar-refractivity contribution in [1.29, 1.82) is 0 Å². The van der Waals surface area contributed by atoms with Crippen molar-refractivity contribution >= 4 is 29.0 Å². The van der Waals surface area contributed by atoms with Crippen molar-refractivity contribution in [1.82, 2.24) is 0 Å². The molecule has 5 nitrogen and oxygen atoms in total. The lowest BCUT2D eigenvalue weighted by atomic mass is 10.1. The van der Waals surface area contributed by atoms with Gasteiger partial charge in [0.25, 0.3) is 0 Å². The third-order valence-electron chi connectivity index (χ3n) is 2.09. The number of hydrogen-bond acceptors (Lipinski definition) is 4. The standard InChI is InChI=1S/C13H18N2O3S/c1-13(2,3)18-12(17)15-10-5-4-9(16)6-8(10)7-11(14)19/h4-6,16H,7H2,1-3H3,(H2,14,19)(H,15,17). The Morgan fingerprint density at radius 3 is 2.63 bits per heavy atom. The number of thiocarbonyl (C=S) groups is 1. The molecule has 0 radical (unpaired) electrons. The quantitative estimate of drug-likeness (QED) is 0.586. The summed E-state index contributed by atoms with van der Waals surface area (Å²) < 4.78 is 5.16. The van der Waals surface area contributed by atoms with Crippen LogP contribution in [0.3, 0.4) is 0 Å². The Hall–Kier alpha value is -1.82. The van der Waals surface area contributed by atoms with Crippen molar-refractivity contribution in [2.75, 3.05) is 5.32 Å². The molecular formula is C13H18N2O3S. The van der Waals surface area contributed by atoms with Crippen LogP contribution in [-0.4, -0.2) is 21.8 Å². The highest BCUT2D eigenvalue weighted by Gasteiger charge is 2.17. The average Bonchev–Trinajstić information content (AvgIpc) is 2.18. The second-order valence-corrected chi connectivity index (χ2v) is 5.64. The van der Waals surface area contributed by atoms with Crippen LogP contribution in [0.5, 0.6) is 5.75 Å². The number of carbonyl (C=O) groups is 1. The van der Waals surface area contributed by atoms with E-state index in [9.17, 15) is 9.90 Å². The first-order chi connectivity index (χ1) is 8.67. The van der Waals surface area contributed by atoms with Gasteiger partial charge in [0.2, 0.25) is 0 Å². The van der Waals surface area contributed by atoms with Gasteiger partial charge in [0.1, 0.15) is 11.4 Å². The zero-order valence-corrected chi connectivity index (χ0v) is 12.0. The molecule has 1 amide bonds. The van der Waals surface area contributed by atoms with Gasteiger partial charge in [-0.1, -0.05) is 12.2 Å². The van der Waals surface area contributed by atoms with E-state index in [1.54, 1.807) is 26.8 Å². The summed E-state index contributed by atoms with van der Waals surface area (Å²) in [7, 11) is 0. The Kier molecular flexibility index (Phi) is 4.72. The molecule has 1 aromatic rings. The first kappa shape index (κ1) is 15.2. The minimum atomic E-state index is -0.579. The molecule has 0 bridgehead atoms. The Labute approximate surface area is 117 Å². The average molecular weight is 282 g/mol. The van der Waals surface area contributed by atoms with E-state index in [0.29, 0.717) is 11.3 Å². The summed E-state index contributed by atoms with van der Waals surface area (Å²) in [5, 5.41) is 12.1. The number of anilines is 1. The van der Waals surface area contributed by atoms with E-state index in [4.69, 9.17) is 22.7 Å². The number of benzene rings is 1. The summed E-state index contributed by atoms with van der Waals surface area (Å²) in [6.45, 7) is 5.33. The van der Waals surface area contributed by atoms with Gasteiger partial charge in [-0.25, -0.2) is 4.79 Å². The van der Waals surface area contributed by atoms with Crippen LogP contribution >= 0.6 is 12.2 Å². The van der Waals surface area contributed by atoms with Crippen LogP contribution in [0, 0.1) is 0 Å². The SMILES string of the molecule is CC(C)(C)OC(=O)Nc1ccc(O)cc1CC(N)=S. The number of ether oxygens (including phenoxy) is 1. The van der Waals surface area contributed by atoms with Crippen molar-refractivity contribution in [2.45, 2.75) is 32.8 Å². The van der Waals surface area contributed by atoms with Gasteiger partial charge in [0.05, 0.1) is 4.99 Å². The zero-order valence-electron chi connectivity index (χ0n) is 11.2. The van der Waals surface area contributed by atoms with Gasteiger partial charge in [-0.2, -0.15) is 0 Å². The maximum absolute atomic E-state index is 11.7. The Morgan fingerprint density at radius 2 is 2.11 bits per heavy atom. The summed E-state index contributed by atoms with van der Waals surface area (Å²) >= 11 is 4.83. The topological polar surface area (TPSA) is 84.6 Å². The Bertz CT molecular complexity index is 495. The number of rotatable bonds is 3. The highest BCUT2D eigenvalue weighted by Crippen LogP contribution is 2.22. The molecule has 0 aliphatic heterocycles. The lowest BCUT2D eigenvalue weighted by molar-refractivity contribution is 0.0636. The molecule has 104 valence electrons. The van der Waals surface area contributed by atoms with Crippen molar-refractivity contribution in [2.24, 2.45) is 5.73 Å². The van der Waals surface area contributed by atoms with Crippen LogP contribution in [0.25, 0.3) is 0 Å². The number of hydrogen-bond donors (Lipinski definition) is 3. The molecule has 0 saturated carbocycles. The highest BCUT2D eigenvalue weighted by atomic mass is 32.1. The fourth-order valence-electron chi connectivity index (χ4n) is 1.45. The molecule has 0 aliphatic carbocycles. The van der Waals surface area contributed by atoms with Gasteiger partial charge in [0.15, 0.2) is 0 Å². The monoisotopic (exact) mass is 282 g/mol. The molecule has 0 atom stereocenters. The molecule has 0 aromatic heterocycles. The molecule has 1 rings (SSSR count). The second-order valence-electron chi connectivity index (χ2n) is 5.11. The van der Waals surface area contributed by atoms with Gasteiger partial charge < -0.3 is 15.6 Å². The van der Waals surface area contributed by atoms with E-state index in [2.05, 4.69) is 5.32 Å². The number of phenols is 1. The molecule has 0 fully saturated rings. The molecule has 4 N–H and O–H groups in total. The summed E-state index contributed by atoms with van der Waals surface area (Å²) in [6, 6.07) is 4.55. The van der Waals surface area contributed by atoms with Crippen molar-refractivity contribution in [3.8, 4) is 5.75 Å². The fraction of sp³-hybridized carbons (Fsp3) is 0.385. The van der Waals surface area contributed by atoms with E-state index in [1.165, 1.54) is 12.1 Å². The minimum absolute atomic E-state index is 0.0842. The summed E-state index contributed by atoms with van der Waals surface area (Å²) in [6.07, 6.45) is -0.281. The molecule has 0 aliphatic rings. The summed E-state index contributed by atoms with van der Waals surface area (Å²) in [5.41, 5.74) is 6.05. The molecular weight excluding hydrogens is 264 g/mol. The molecule has 0 unspecified atom stereocenters. The smallest absolute Gasteiger partial charge is 0.412 e. The first-order valence-electron chi connectivity index (χ1n) is 5.77. The highest BCUT2D eigenvalue weighted by molar-refractivity contribution is 7.80. The van der Waals surface area contributed by atoms with E-state index < -0.39 is 11.7 Å². The summed E-state index contributed by atoms with van der Waals surface area (Å²) in [4.78, 5) is 12.0. The van der Waals surface area contributed by atoms with Gasteiger partial charge in [-0.05, 0) is 44.5 Å². The number of carbonyl (C=O) groups excluding carboxylic acids is 1. The third-order valence-corrected chi connectivity index (χ3v) is 2.23. The molecule has 6 heteroatoms. The van der Waals surface area contributed by atoms with E-state index in [0.717, 1.165) is 0 Å². The number of nitrogens with one attached hydrogen (secondary N) is 1. The largest absolute Gasteiger partial charge is 0.508 e. The maximum Gasteiger partial charge on any atom is 0.412 e. The number of aromatic hydroxyl groups is 1. The fourth-order valence-corrected chi connectivity index (χ4v) is 1.61. The molecule has 0 spiro atoms. The molecule has 19 heavy (non-hydrogen) atoms. The Balaban J connectivity index is 2.88. The van der Waals surface area contributed by atoms with Crippen LogP contribution in [0.1, 0.15) is 26.3 Å². The van der Waals surface area contributed by atoms with E-state index in [-0.39, 0.29) is 17.2 Å². The molecule has 1 aromatic carbocycles. The van der Waals surface area contributed by atoms with Gasteiger partial charge in [-0.3, -0.25) is 5.32 Å². The predicted molar refractivity (Wildman–Crippen MR) is 78.5 cm³/mol. The second kappa shape index (κ2) is 5.88. The number of amides is 1. The van der Waals surface area contributed by atoms with E-state index in [1.807, 2.05) is 0 Å². The lowest BCUT2D eigenvalue weighted by Gasteiger charge is -2.20. The van der Waals surface area contributed by atoms with Crippen LogP contribution in [0.4, 0.5) is 10.5 Å². The van der Waals surface area contributed by atoms with Crippen molar-refractivity contribution < 1.29 is 14.6 Å². The van der Waals surface area contributed by atoms with Crippen LogP contribution < -0.4 is 11.1 Å². The Morgan fingerprint density at radius 1 is 1.47 bits per heavy atom. The molecule has 0 heterocycles.